The Morgan fingerprint density at radius 2 is 2.22 bits per heavy atom. The molecule has 1 aliphatic carbocycles. The van der Waals surface area contributed by atoms with E-state index in [0.717, 1.165) is 19.3 Å². The number of hydrogen-bond acceptors (Lipinski definition) is 4. The molecule has 1 aliphatic heterocycles. The topological polar surface area (TPSA) is 59.0 Å². The minimum Gasteiger partial charge on any atom is -0.491 e. The molecular formula is C18H25NO4. The summed E-state index contributed by atoms with van der Waals surface area (Å²) in [6, 6.07) is 7.34. The molecule has 3 rings (SSSR count). The summed E-state index contributed by atoms with van der Waals surface area (Å²) in [4.78, 5) is 14.9. The maximum absolute atomic E-state index is 13.0. The number of ether oxygens (including phenoxy) is 2. The highest BCUT2D eigenvalue weighted by Crippen LogP contribution is 2.45. The van der Waals surface area contributed by atoms with Crippen molar-refractivity contribution in [1.29, 1.82) is 0 Å². The van der Waals surface area contributed by atoms with E-state index in [9.17, 15) is 9.90 Å². The number of amides is 1. The fourth-order valence-corrected chi connectivity index (χ4v) is 3.66. The number of aliphatic hydroxyl groups excluding tert-OH is 1. The van der Waals surface area contributed by atoms with Gasteiger partial charge in [0.05, 0.1) is 12.7 Å². The monoisotopic (exact) mass is 319 g/mol. The van der Waals surface area contributed by atoms with Gasteiger partial charge in [0.2, 0.25) is 0 Å². The molecular weight excluding hydrogens is 294 g/mol. The highest BCUT2D eigenvalue weighted by atomic mass is 16.5. The smallest absolute Gasteiger partial charge is 0.254 e. The lowest BCUT2D eigenvalue weighted by Gasteiger charge is -2.54. The van der Waals surface area contributed by atoms with Crippen LogP contribution >= 0.6 is 0 Å². The molecule has 1 amide bonds. The third-order valence-corrected chi connectivity index (χ3v) is 5.04. The Kier molecular flexibility index (Phi) is 4.87. The van der Waals surface area contributed by atoms with Crippen molar-refractivity contribution in [2.75, 3.05) is 26.9 Å². The second-order valence-corrected chi connectivity index (χ2v) is 6.55. The number of nitrogens with zero attached hydrogens (tertiary/aromatic N) is 1. The van der Waals surface area contributed by atoms with Crippen molar-refractivity contribution in [3.05, 3.63) is 29.8 Å². The molecule has 23 heavy (non-hydrogen) atoms. The van der Waals surface area contributed by atoms with E-state index >= 15 is 0 Å². The van der Waals surface area contributed by atoms with E-state index < -0.39 is 0 Å². The van der Waals surface area contributed by atoms with Crippen molar-refractivity contribution in [3.63, 3.8) is 0 Å². The molecule has 2 fully saturated rings. The summed E-state index contributed by atoms with van der Waals surface area (Å²) in [5.74, 6) is 0.737. The van der Waals surface area contributed by atoms with E-state index in [-0.39, 0.29) is 17.6 Å². The first-order chi connectivity index (χ1) is 11.1. The second-order valence-electron chi connectivity index (χ2n) is 6.55. The van der Waals surface area contributed by atoms with Gasteiger partial charge < -0.3 is 19.5 Å². The lowest BCUT2D eigenvalue weighted by molar-refractivity contribution is -0.0484. The van der Waals surface area contributed by atoms with Gasteiger partial charge in [0.25, 0.3) is 5.91 Å². The summed E-state index contributed by atoms with van der Waals surface area (Å²) in [6.07, 6.45) is 4.24. The van der Waals surface area contributed by atoms with Crippen molar-refractivity contribution in [2.24, 2.45) is 0 Å². The Bertz CT molecular complexity index is 556. The van der Waals surface area contributed by atoms with Gasteiger partial charge in [-0.05, 0) is 50.3 Å². The van der Waals surface area contributed by atoms with Gasteiger partial charge in [-0.15, -0.1) is 0 Å². The summed E-state index contributed by atoms with van der Waals surface area (Å²) in [6.45, 7) is 1.62. The SMILES string of the molecule is COCCOc1cccc(C(=O)N2CCC(O)CC23CCC3)c1. The summed E-state index contributed by atoms with van der Waals surface area (Å²) in [5, 5.41) is 9.97. The first kappa shape index (κ1) is 16.3. The molecule has 1 saturated heterocycles. The quantitative estimate of drug-likeness (QED) is 0.846. The molecule has 1 aromatic rings. The molecule has 1 aromatic carbocycles. The number of benzene rings is 1. The summed E-state index contributed by atoms with van der Waals surface area (Å²) in [5.41, 5.74) is 0.532. The number of piperidine rings is 1. The largest absolute Gasteiger partial charge is 0.491 e. The van der Waals surface area contributed by atoms with E-state index in [0.29, 0.717) is 43.9 Å². The first-order valence-corrected chi connectivity index (χ1v) is 8.36. The molecule has 1 heterocycles. The van der Waals surface area contributed by atoms with Gasteiger partial charge in [0, 0.05) is 24.8 Å². The Morgan fingerprint density at radius 3 is 2.91 bits per heavy atom. The average Bonchev–Trinajstić information content (AvgIpc) is 2.53. The third kappa shape index (κ3) is 3.35. The highest BCUT2D eigenvalue weighted by molar-refractivity contribution is 5.95. The molecule has 5 nitrogen and oxygen atoms in total. The highest BCUT2D eigenvalue weighted by Gasteiger charge is 2.48. The van der Waals surface area contributed by atoms with Crippen molar-refractivity contribution in [3.8, 4) is 5.75 Å². The van der Waals surface area contributed by atoms with Crippen LogP contribution in [-0.2, 0) is 4.74 Å². The Morgan fingerprint density at radius 1 is 1.39 bits per heavy atom. The van der Waals surface area contributed by atoms with Gasteiger partial charge in [-0.1, -0.05) is 6.07 Å². The lowest BCUT2D eigenvalue weighted by Crippen LogP contribution is -2.61. The maximum Gasteiger partial charge on any atom is 0.254 e. The van der Waals surface area contributed by atoms with Crippen molar-refractivity contribution in [1.82, 2.24) is 4.90 Å². The lowest BCUT2D eigenvalue weighted by atomic mass is 9.69. The number of likely N-dealkylation sites (tertiary alicyclic amines) is 1. The van der Waals surface area contributed by atoms with Gasteiger partial charge in [0.15, 0.2) is 0 Å². The molecule has 0 aromatic heterocycles. The summed E-state index contributed by atoms with van der Waals surface area (Å²) in [7, 11) is 1.63. The number of methoxy groups -OCH3 is 1. The van der Waals surface area contributed by atoms with Crippen LogP contribution in [0.1, 0.15) is 42.5 Å². The van der Waals surface area contributed by atoms with Gasteiger partial charge in [-0.25, -0.2) is 0 Å². The van der Waals surface area contributed by atoms with Crippen molar-refractivity contribution < 1.29 is 19.4 Å². The molecule has 2 aliphatic rings. The van der Waals surface area contributed by atoms with Gasteiger partial charge >= 0.3 is 0 Å². The van der Waals surface area contributed by atoms with Gasteiger partial charge in [0.1, 0.15) is 12.4 Å². The molecule has 0 radical (unpaired) electrons. The van der Waals surface area contributed by atoms with E-state index in [1.54, 1.807) is 13.2 Å². The van der Waals surface area contributed by atoms with Crippen LogP contribution in [0.2, 0.25) is 0 Å². The molecule has 1 unspecified atom stereocenters. The summed E-state index contributed by atoms with van der Waals surface area (Å²) < 4.78 is 10.6. The van der Waals surface area contributed by atoms with Gasteiger partial charge in [-0.2, -0.15) is 0 Å². The van der Waals surface area contributed by atoms with Crippen molar-refractivity contribution >= 4 is 5.91 Å². The Balaban J connectivity index is 1.73. The fourth-order valence-electron chi connectivity index (χ4n) is 3.66. The zero-order valence-electron chi connectivity index (χ0n) is 13.7. The summed E-state index contributed by atoms with van der Waals surface area (Å²) >= 11 is 0. The molecule has 126 valence electrons. The van der Waals surface area contributed by atoms with Crippen LogP contribution in [-0.4, -0.2) is 54.4 Å². The minimum absolute atomic E-state index is 0.0498. The molecule has 1 saturated carbocycles. The van der Waals surface area contributed by atoms with Crippen LogP contribution < -0.4 is 4.74 Å². The first-order valence-electron chi connectivity index (χ1n) is 8.36. The standard InChI is InChI=1S/C18H25NO4/c1-22-10-11-23-16-5-2-4-14(12-16)17(21)19-9-6-15(20)13-18(19)7-3-8-18/h2,4-5,12,15,20H,3,6-11,13H2,1H3. The van der Waals surface area contributed by atoms with Crippen molar-refractivity contribution in [2.45, 2.75) is 43.7 Å². The average molecular weight is 319 g/mol. The molecule has 1 spiro atoms. The van der Waals surface area contributed by atoms with Gasteiger partial charge in [-0.3, -0.25) is 4.79 Å². The number of hydrogen-bond donors (Lipinski definition) is 1. The molecule has 1 atom stereocenters. The number of carbonyl (C=O) groups excluding carboxylic acids is 1. The molecule has 1 N–H and O–H groups in total. The number of rotatable bonds is 5. The Labute approximate surface area is 137 Å². The van der Waals surface area contributed by atoms with Crippen LogP contribution in [0.25, 0.3) is 0 Å². The van der Waals surface area contributed by atoms with Crippen LogP contribution in [0, 0.1) is 0 Å². The number of carbonyl (C=O) groups is 1. The normalized spacial score (nSPS) is 22.7. The maximum atomic E-state index is 13.0. The predicted molar refractivity (Wildman–Crippen MR) is 86.7 cm³/mol. The van der Waals surface area contributed by atoms with E-state index in [4.69, 9.17) is 9.47 Å². The van der Waals surface area contributed by atoms with Crippen LogP contribution in [0.4, 0.5) is 0 Å². The molecule has 5 heteroatoms. The van der Waals surface area contributed by atoms with Crippen LogP contribution in [0.15, 0.2) is 24.3 Å². The van der Waals surface area contributed by atoms with E-state index in [1.807, 2.05) is 23.1 Å². The minimum atomic E-state index is -0.275. The fraction of sp³-hybridized carbons (Fsp3) is 0.611. The predicted octanol–water partition coefficient (Wildman–Crippen LogP) is 2.23. The zero-order valence-corrected chi connectivity index (χ0v) is 13.7. The van der Waals surface area contributed by atoms with E-state index in [1.165, 1.54) is 0 Å². The van der Waals surface area contributed by atoms with E-state index in [2.05, 4.69) is 0 Å². The third-order valence-electron chi connectivity index (χ3n) is 5.04. The Hall–Kier alpha value is -1.59. The molecule has 0 bridgehead atoms. The van der Waals surface area contributed by atoms with Crippen LogP contribution in [0.5, 0.6) is 5.75 Å². The number of aliphatic hydroxyl groups is 1. The second kappa shape index (κ2) is 6.89. The zero-order chi connectivity index (χ0) is 16.3. The van der Waals surface area contributed by atoms with Crippen LogP contribution in [0.3, 0.4) is 0 Å².